The van der Waals surface area contributed by atoms with Crippen LogP contribution in [0.4, 0.5) is 5.69 Å². The Balaban J connectivity index is 2.09. The SMILES string of the molecule is CCOc1ccc(S(=O)(=O)N(C)CC(=O)Nc2ccc(Br)cc2)cc1C. The summed E-state index contributed by atoms with van der Waals surface area (Å²) in [6.07, 6.45) is 0. The molecule has 0 heterocycles. The van der Waals surface area contributed by atoms with Crippen LogP contribution < -0.4 is 10.1 Å². The van der Waals surface area contributed by atoms with E-state index in [0.717, 1.165) is 14.3 Å². The van der Waals surface area contributed by atoms with Crippen LogP contribution in [0.15, 0.2) is 51.8 Å². The Morgan fingerprint density at radius 3 is 2.42 bits per heavy atom. The Bertz CT molecular complexity index is 883. The third-order valence-corrected chi connectivity index (χ3v) is 5.98. The minimum absolute atomic E-state index is 0.123. The van der Waals surface area contributed by atoms with Gasteiger partial charge in [-0.3, -0.25) is 4.79 Å². The van der Waals surface area contributed by atoms with Crippen molar-refractivity contribution in [1.29, 1.82) is 0 Å². The van der Waals surface area contributed by atoms with E-state index < -0.39 is 15.9 Å². The number of sulfonamides is 1. The van der Waals surface area contributed by atoms with Crippen LogP contribution >= 0.6 is 15.9 Å². The molecule has 0 radical (unpaired) electrons. The largest absolute Gasteiger partial charge is 0.494 e. The molecule has 1 N–H and O–H groups in total. The van der Waals surface area contributed by atoms with Gasteiger partial charge in [-0.15, -0.1) is 0 Å². The fourth-order valence-corrected chi connectivity index (χ4v) is 3.78. The van der Waals surface area contributed by atoms with Crippen LogP contribution in [0.2, 0.25) is 0 Å². The molecule has 0 atom stereocenters. The Kier molecular flexibility index (Phi) is 6.80. The topological polar surface area (TPSA) is 75.7 Å². The van der Waals surface area contributed by atoms with Crippen molar-refractivity contribution in [3.63, 3.8) is 0 Å². The molecule has 0 spiro atoms. The third kappa shape index (κ3) is 5.06. The number of halogens is 1. The predicted octanol–water partition coefficient (Wildman–Crippen LogP) is 3.42. The highest BCUT2D eigenvalue weighted by Gasteiger charge is 2.23. The highest BCUT2D eigenvalue weighted by atomic mass is 79.9. The summed E-state index contributed by atoms with van der Waals surface area (Å²) in [6.45, 7) is 3.86. The molecule has 6 nitrogen and oxygen atoms in total. The molecule has 140 valence electrons. The zero-order valence-corrected chi connectivity index (χ0v) is 17.2. The number of rotatable bonds is 7. The molecule has 0 aromatic heterocycles. The number of ether oxygens (including phenoxy) is 1. The van der Waals surface area contributed by atoms with Crippen LogP contribution in [0.5, 0.6) is 5.75 Å². The Morgan fingerprint density at radius 2 is 1.85 bits per heavy atom. The minimum Gasteiger partial charge on any atom is -0.494 e. The molecule has 2 aromatic carbocycles. The van der Waals surface area contributed by atoms with Gasteiger partial charge in [0.15, 0.2) is 0 Å². The molecule has 26 heavy (non-hydrogen) atoms. The molecule has 0 aliphatic carbocycles. The molecule has 0 unspecified atom stereocenters. The van der Waals surface area contributed by atoms with Crippen molar-refractivity contribution >= 4 is 37.5 Å². The zero-order valence-electron chi connectivity index (χ0n) is 14.8. The van der Waals surface area contributed by atoms with Crippen molar-refractivity contribution in [2.45, 2.75) is 18.7 Å². The Hall–Kier alpha value is -1.90. The van der Waals surface area contributed by atoms with Crippen LogP contribution in [0.25, 0.3) is 0 Å². The normalized spacial score (nSPS) is 11.4. The second kappa shape index (κ2) is 8.66. The van der Waals surface area contributed by atoms with Gasteiger partial charge in [-0.05, 0) is 61.9 Å². The van der Waals surface area contributed by atoms with Crippen molar-refractivity contribution in [1.82, 2.24) is 4.31 Å². The predicted molar refractivity (Wildman–Crippen MR) is 105 cm³/mol. The standard InChI is InChI=1S/C18H21BrN2O4S/c1-4-25-17-10-9-16(11-13(17)2)26(23,24)21(3)12-18(22)20-15-7-5-14(19)6-8-15/h5-11H,4,12H2,1-3H3,(H,20,22). The van der Waals surface area contributed by atoms with Gasteiger partial charge in [0.05, 0.1) is 18.0 Å². The number of aryl methyl sites for hydroxylation is 1. The molecular weight excluding hydrogens is 420 g/mol. The van der Waals surface area contributed by atoms with Gasteiger partial charge in [-0.1, -0.05) is 15.9 Å². The maximum atomic E-state index is 12.7. The van der Waals surface area contributed by atoms with E-state index in [-0.39, 0.29) is 11.4 Å². The van der Waals surface area contributed by atoms with E-state index in [2.05, 4.69) is 21.2 Å². The number of hydrogen-bond donors (Lipinski definition) is 1. The number of likely N-dealkylation sites (N-methyl/N-ethyl adjacent to an activating group) is 1. The smallest absolute Gasteiger partial charge is 0.243 e. The molecular formula is C18H21BrN2O4S. The number of nitrogens with zero attached hydrogens (tertiary/aromatic N) is 1. The van der Waals surface area contributed by atoms with Gasteiger partial charge in [0.25, 0.3) is 0 Å². The first-order valence-corrected chi connectivity index (χ1v) is 10.2. The van der Waals surface area contributed by atoms with Crippen molar-refractivity contribution in [3.8, 4) is 5.75 Å². The van der Waals surface area contributed by atoms with Crippen molar-refractivity contribution in [2.75, 3.05) is 25.5 Å². The lowest BCUT2D eigenvalue weighted by Crippen LogP contribution is -2.35. The monoisotopic (exact) mass is 440 g/mol. The van der Waals surface area contributed by atoms with Gasteiger partial charge in [0, 0.05) is 17.2 Å². The van der Waals surface area contributed by atoms with Crippen LogP contribution in [0.3, 0.4) is 0 Å². The van der Waals surface area contributed by atoms with Gasteiger partial charge >= 0.3 is 0 Å². The number of carbonyl (C=O) groups excluding carboxylic acids is 1. The van der Waals surface area contributed by atoms with E-state index in [1.807, 2.05) is 6.92 Å². The van der Waals surface area contributed by atoms with Crippen LogP contribution in [-0.4, -0.2) is 38.8 Å². The molecule has 2 aromatic rings. The quantitative estimate of drug-likeness (QED) is 0.715. The van der Waals surface area contributed by atoms with Crippen molar-refractivity contribution in [3.05, 3.63) is 52.5 Å². The van der Waals surface area contributed by atoms with Crippen LogP contribution in [0, 0.1) is 6.92 Å². The lowest BCUT2D eigenvalue weighted by molar-refractivity contribution is -0.116. The lowest BCUT2D eigenvalue weighted by atomic mass is 10.2. The zero-order chi connectivity index (χ0) is 19.3. The van der Waals surface area contributed by atoms with Crippen molar-refractivity contribution in [2.24, 2.45) is 0 Å². The average Bonchev–Trinajstić information content (AvgIpc) is 2.58. The number of hydrogen-bond acceptors (Lipinski definition) is 4. The van der Waals surface area contributed by atoms with E-state index in [0.29, 0.717) is 18.0 Å². The van der Waals surface area contributed by atoms with Crippen LogP contribution in [0.1, 0.15) is 12.5 Å². The third-order valence-electron chi connectivity index (χ3n) is 3.65. The van der Waals surface area contributed by atoms with Crippen molar-refractivity contribution < 1.29 is 17.9 Å². The Morgan fingerprint density at radius 1 is 1.19 bits per heavy atom. The maximum Gasteiger partial charge on any atom is 0.243 e. The molecule has 0 aliphatic heterocycles. The summed E-state index contributed by atoms with van der Waals surface area (Å²) >= 11 is 3.32. The second-order valence-electron chi connectivity index (χ2n) is 5.68. The van der Waals surface area contributed by atoms with E-state index in [9.17, 15) is 13.2 Å². The molecule has 0 saturated heterocycles. The number of benzene rings is 2. The first-order valence-electron chi connectivity index (χ1n) is 7.99. The molecule has 8 heteroatoms. The summed E-state index contributed by atoms with van der Waals surface area (Å²) in [6, 6.07) is 11.7. The van der Waals surface area contributed by atoms with Crippen LogP contribution in [-0.2, 0) is 14.8 Å². The molecule has 0 aliphatic rings. The fraction of sp³-hybridized carbons (Fsp3) is 0.278. The summed E-state index contributed by atoms with van der Waals surface area (Å²) in [4.78, 5) is 12.3. The number of anilines is 1. The van der Waals surface area contributed by atoms with Gasteiger partial charge in [0.2, 0.25) is 15.9 Å². The summed E-state index contributed by atoms with van der Waals surface area (Å²) in [7, 11) is -2.40. The molecule has 0 fully saturated rings. The van der Waals surface area contributed by atoms with E-state index in [1.165, 1.54) is 13.1 Å². The lowest BCUT2D eigenvalue weighted by Gasteiger charge is -2.18. The number of nitrogens with one attached hydrogen (secondary N) is 1. The van der Waals surface area contributed by atoms with E-state index in [4.69, 9.17) is 4.74 Å². The molecule has 1 amide bonds. The highest BCUT2D eigenvalue weighted by molar-refractivity contribution is 9.10. The number of carbonyl (C=O) groups is 1. The van der Waals surface area contributed by atoms with Gasteiger partial charge in [0.1, 0.15) is 5.75 Å². The van der Waals surface area contributed by atoms with E-state index in [1.54, 1.807) is 43.3 Å². The molecule has 2 rings (SSSR count). The van der Waals surface area contributed by atoms with Gasteiger partial charge in [-0.25, -0.2) is 8.42 Å². The summed E-state index contributed by atoms with van der Waals surface area (Å²) in [5, 5.41) is 2.67. The highest BCUT2D eigenvalue weighted by Crippen LogP contribution is 2.23. The first kappa shape index (κ1) is 20.4. The number of amides is 1. The second-order valence-corrected chi connectivity index (χ2v) is 8.64. The fourth-order valence-electron chi connectivity index (χ4n) is 2.30. The first-order chi connectivity index (χ1) is 12.2. The molecule has 0 saturated carbocycles. The average molecular weight is 441 g/mol. The van der Waals surface area contributed by atoms with Gasteiger partial charge < -0.3 is 10.1 Å². The maximum absolute atomic E-state index is 12.7. The molecule has 0 bridgehead atoms. The van der Waals surface area contributed by atoms with Gasteiger partial charge in [-0.2, -0.15) is 4.31 Å². The summed E-state index contributed by atoms with van der Waals surface area (Å²) in [5.41, 5.74) is 1.32. The van der Waals surface area contributed by atoms with E-state index >= 15 is 0 Å². The summed E-state index contributed by atoms with van der Waals surface area (Å²) < 4.78 is 32.7. The summed E-state index contributed by atoms with van der Waals surface area (Å²) in [5.74, 6) is 0.225. The Labute approximate surface area is 162 Å². The minimum atomic E-state index is -3.78.